The van der Waals surface area contributed by atoms with Gasteiger partial charge < -0.3 is 20.1 Å². The van der Waals surface area contributed by atoms with Crippen molar-refractivity contribution in [2.24, 2.45) is 0 Å². The molecule has 2 aromatic heterocycles. The molecule has 1 aromatic carbocycles. The zero-order valence-electron chi connectivity index (χ0n) is 17.1. The number of phenols is 1. The van der Waals surface area contributed by atoms with Crippen molar-refractivity contribution < 1.29 is 9.84 Å². The fourth-order valence-corrected chi connectivity index (χ4v) is 4.63. The van der Waals surface area contributed by atoms with E-state index in [1.807, 2.05) is 12.1 Å². The van der Waals surface area contributed by atoms with Crippen molar-refractivity contribution in [1.82, 2.24) is 24.3 Å². The van der Waals surface area contributed by atoms with Gasteiger partial charge in [-0.15, -0.1) is 0 Å². The van der Waals surface area contributed by atoms with Crippen LogP contribution in [-0.4, -0.2) is 81.9 Å². The van der Waals surface area contributed by atoms with Crippen molar-refractivity contribution in [2.75, 3.05) is 58.2 Å². The standard InChI is InChI=1S/C22H28N6O2/c23-21-20-19(16-2-1-3-18(29)12-16)14-28(22(20)25-15-24-21)17-4-5-27(13-17)7-6-26-8-10-30-11-9-26/h1-3,12,14-15,17,29H,4-11,13H2,(H2,23,24,25). The van der Waals surface area contributed by atoms with Gasteiger partial charge in [0.2, 0.25) is 0 Å². The molecule has 8 heteroatoms. The molecule has 1 atom stereocenters. The van der Waals surface area contributed by atoms with Crippen LogP contribution in [0.5, 0.6) is 5.75 Å². The normalized spacial score (nSPS) is 20.9. The molecule has 5 rings (SSSR count). The number of nitrogen functional groups attached to an aromatic ring is 1. The van der Waals surface area contributed by atoms with Gasteiger partial charge in [-0.05, 0) is 24.1 Å². The molecule has 30 heavy (non-hydrogen) atoms. The van der Waals surface area contributed by atoms with Crippen LogP contribution in [0.3, 0.4) is 0 Å². The van der Waals surface area contributed by atoms with E-state index in [1.54, 1.807) is 12.1 Å². The Kier molecular flexibility index (Phi) is 5.28. The Morgan fingerprint density at radius 3 is 2.77 bits per heavy atom. The van der Waals surface area contributed by atoms with Gasteiger partial charge in [0.1, 0.15) is 23.5 Å². The highest BCUT2D eigenvalue weighted by atomic mass is 16.5. The second kappa shape index (κ2) is 8.22. The molecule has 2 aliphatic heterocycles. The molecule has 158 valence electrons. The predicted molar refractivity (Wildman–Crippen MR) is 116 cm³/mol. The van der Waals surface area contributed by atoms with E-state index in [9.17, 15) is 5.11 Å². The number of benzene rings is 1. The molecule has 0 spiro atoms. The number of anilines is 1. The van der Waals surface area contributed by atoms with Crippen LogP contribution in [0.25, 0.3) is 22.2 Å². The van der Waals surface area contributed by atoms with Gasteiger partial charge in [0, 0.05) is 57.1 Å². The number of fused-ring (bicyclic) bond motifs is 1. The smallest absolute Gasteiger partial charge is 0.146 e. The number of hydrogen-bond donors (Lipinski definition) is 2. The van der Waals surface area contributed by atoms with Crippen LogP contribution in [0.15, 0.2) is 36.8 Å². The molecule has 2 fully saturated rings. The lowest BCUT2D eigenvalue weighted by Crippen LogP contribution is -2.41. The summed E-state index contributed by atoms with van der Waals surface area (Å²) in [5.41, 5.74) is 8.99. The van der Waals surface area contributed by atoms with E-state index in [1.165, 1.54) is 6.33 Å². The minimum atomic E-state index is 0.235. The van der Waals surface area contributed by atoms with E-state index in [2.05, 4.69) is 30.5 Å². The van der Waals surface area contributed by atoms with Crippen molar-refractivity contribution in [3.8, 4) is 16.9 Å². The zero-order chi connectivity index (χ0) is 20.5. The van der Waals surface area contributed by atoms with Crippen LogP contribution in [-0.2, 0) is 4.74 Å². The molecule has 8 nitrogen and oxygen atoms in total. The number of likely N-dealkylation sites (tertiary alicyclic amines) is 1. The molecule has 1 unspecified atom stereocenters. The van der Waals surface area contributed by atoms with Crippen molar-refractivity contribution >= 4 is 16.9 Å². The summed E-state index contributed by atoms with van der Waals surface area (Å²) < 4.78 is 7.70. The van der Waals surface area contributed by atoms with Gasteiger partial charge in [-0.3, -0.25) is 9.80 Å². The number of nitrogens with two attached hydrogens (primary N) is 1. The molecule has 4 heterocycles. The Labute approximate surface area is 175 Å². The third kappa shape index (κ3) is 3.74. The summed E-state index contributed by atoms with van der Waals surface area (Å²) in [6.07, 6.45) is 4.74. The number of nitrogens with zero attached hydrogens (tertiary/aromatic N) is 5. The van der Waals surface area contributed by atoms with Crippen LogP contribution in [0, 0.1) is 0 Å². The molecule has 0 bridgehead atoms. The molecule has 3 N–H and O–H groups in total. The topological polar surface area (TPSA) is 92.7 Å². The van der Waals surface area contributed by atoms with Crippen molar-refractivity contribution in [2.45, 2.75) is 12.5 Å². The lowest BCUT2D eigenvalue weighted by molar-refractivity contribution is 0.0343. The fraction of sp³-hybridized carbons (Fsp3) is 0.455. The fourth-order valence-electron chi connectivity index (χ4n) is 4.63. The molecular formula is C22H28N6O2. The summed E-state index contributed by atoms with van der Waals surface area (Å²) >= 11 is 0. The highest BCUT2D eigenvalue weighted by Crippen LogP contribution is 2.37. The first-order chi connectivity index (χ1) is 14.7. The van der Waals surface area contributed by atoms with Crippen molar-refractivity contribution in [3.05, 3.63) is 36.8 Å². The Morgan fingerprint density at radius 1 is 1.10 bits per heavy atom. The van der Waals surface area contributed by atoms with Crippen molar-refractivity contribution in [1.29, 1.82) is 0 Å². The monoisotopic (exact) mass is 408 g/mol. The lowest BCUT2D eigenvalue weighted by Gasteiger charge is -2.28. The van der Waals surface area contributed by atoms with E-state index in [0.717, 1.165) is 81.1 Å². The van der Waals surface area contributed by atoms with Crippen LogP contribution >= 0.6 is 0 Å². The van der Waals surface area contributed by atoms with E-state index in [0.29, 0.717) is 11.9 Å². The minimum absolute atomic E-state index is 0.235. The number of phenolic OH excluding ortho intramolecular Hbond substituents is 1. The maximum atomic E-state index is 9.95. The second-order valence-corrected chi connectivity index (χ2v) is 8.16. The average Bonchev–Trinajstić information content (AvgIpc) is 3.38. The first-order valence-corrected chi connectivity index (χ1v) is 10.6. The van der Waals surface area contributed by atoms with E-state index in [4.69, 9.17) is 10.5 Å². The molecule has 3 aromatic rings. The highest BCUT2D eigenvalue weighted by Gasteiger charge is 2.27. The van der Waals surface area contributed by atoms with Crippen molar-refractivity contribution in [3.63, 3.8) is 0 Å². The third-order valence-corrected chi connectivity index (χ3v) is 6.27. The van der Waals surface area contributed by atoms with Gasteiger partial charge >= 0.3 is 0 Å². The molecule has 0 amide bonds. The molecule has 2 aliphatic rings. The third-order valence-electron chi connectivity index (χ3n) is 6.27. The number of hydrogen-bond acceptors (Lipinski definition) is 7. The Morgan fingerprint density at radius 2 is 1.93 bits per heavy atom. The summed E-state index contributed by atoms with van der Waals surface area (Å²) in [6, 6.07) is 7.60. The average molecular weight is 409 g/mol. The predicted octanol–water partition coefficient (Wildman–Crippen LogP) is 1.97. The number of aromatic nitrogens is 3. The van der Waals surface area contributed by atoms with E-state index >= 15 is 0 Å². The van der Waals surface area contributed by atoms with Crippen LogP contribution in [0.2, 0.25) is 0 Å². The first-order valence-electron chi connectivity index (χ1n) is 10.6. The van der Waals surface area contributed by atoms with E-state index in [-0.39, 0.29) is 5.75 Å². The largest absolute Gasteiger partial charge is 0.508 e. The summed E-state index contributed by atoms with van der Waals surface area (Å²) in [5, 5.41) is 10.8. The number of ether oxygens (including phenoxy) is 1. The van der Waals surface area contributed by atoms with E-state index < -0.39 is 0 Å². The number of rotatable bonds is 5. The summed E-state index contributed by atoms with van der Waals surface area (Å²) in [7, 11) is 0. The quantitative estimate of drug-likeness (QED) is 0.667. The number of morpholine rings is 1. The molecule has 2 saturated heterocycles. The first kappa shape index (κ1) is 19.3. The van der Waals surface area contributed by atoms with Gasteiger partial charge in [-0.2, -0.15) is 0 Å². The lowest BCUT2D eigenvalue weighted by atomic mass is 10.1. The van der Waals surface area contributed by atoms with Crippen LogP contribution in [0.1, 0.15) is 12.5 Å². The van der Waals surface area contributed by atoms with Crippen LogP contribution in [0.4, 0.5) is 5.82 Å². The molecular weight excluding hydrogens is 380 g/mol. The molecule has 0 saturated carbocycles. The van der Waals surface area contributed by atoms with Gasteiger partial charge in [-0.1, -0.05) is 12.1 Å². The Balaban J connectivity index is 1.39. The van der Waals surface area contributed by atoms with Crippen LogP contribution < -0.4 is 5.73 Å². The zero-order valence-corrected chi connectivity index (χ0v) is 17.1. The maximum absolute atomic E-state index is 9.95. The van der Waals surface area contributed by atoms with Gasteiger partial charge in [0.15, 0.2) is 0 Å². The second-order valence-electron chi connectivity index (χ2n) is 8.16. The Bertz CT molecular complexity index is 1030. The minimum Gasteiger partial charge on any atom is -0.508 e. The van der Waals surface area contributed by atoms with Gasteiger partial charge in [0.05, 0.1) is 18.6 Å². The summed E-state index contributed by atoms with van der Waals surface area (Å²) in [6.45, 7) is 7.99. The van der Waals surface area contributed by atoms with Gasteiger partial charge in [-0.25, -0.2) is 9.97 Å². The highest BCUT2D eigenvalue weighted by molar-refractivity contribution is 6.00. The number of aromatic hydroxyl groups is 1. The summed E-state index contributed by atoms with van der Waals surface area (Å²) in [5.74, 6) is 0.707. The SMILES string of the molecule is Nc1ncnc2c1c(-c1cccc(O)c1)cn2C1CCN(CCN2CCOCC2)C1. The summed E-state index contributed by atoms with van der Waals surface area (Å²) in [4.78, 5) is 13.8. The Hall–Kier alpha value is -2.68. The molecule has 0 aliphatic carbocycles. The molecule has 0 radical (unpaired) electrons. The maximum Gasteiger partial charge on any atom is 0.146 e. The van der Waals surface area contributed by atoms with Gasteiger partial charge in [0.25, 0.3) is 0 Å².